The molecule has 5 N–H and O–H groups in total. The minimum atomic E-state index is -3.63. The van der Waals surface area contributed by atoms with Gasteiger partial charge in [0.15, 0.2) is 15.7 Å². The molecule has 0 radical (unpaired) electrons. The molecule has 1 aromatic heterocycles. The zero-order chi connectivity index (χ0) is 21.7. The highest BCUT2D eigenvalue weighted by Gasteiger charge is 2.30. The van der Waals surface area contributed by atoms with E-state index in [4.69, 9.17) is 5.14 Å². The summed E-state index contributed by atoms with van der Waals surface area (Å²) >= 11 is 0.811. The van der Waals surface area contributed by atoms with Crippen LogP contribution in [-0.4, -0.2) is 37.8 Å². The van der Waals surface area contributed by atoms with Crippen molar-refractivity contribution in [1.29, 1.82) is 0 Å². The van der Waals surface area contributed by atoms with Gasteiger partial charge in [0.2, 0.25) is 0 Å². The molecular weight excluding hydrogens is 428 g/mol. The molecule has 160 valence electrons. The number of aliphatic hydroxyl groups excluding tert-OH is 1. The Morgan fingerprint density at radius 2 is 2.13 bits per heavy atom. The first kappa shape index (κ1) is 21.1. The molecule has 1 aromatic carbocycles. The standard InChI is InChI=1S/C19H22N4O5S2/c1-19(27,9-24)17-21-8-14(29-17)30(20,28)23-18(26)22-16-12-4-2-3-10(12)7-11-5-6-13(25)15(11)16/h7-8,24,27H,2-6,9H2,1H3,(H3,20,22,23,26,28). The highest BCUT2D eigenvalue weighted by molar-refractivity contribution is 7.93. The number of aromatic nitrogens is 1. The zero-order valence-corrected chi connectivity index (χ0v) is 17.9. The fraction of sp³-hybridized carbons (Fsp3) is 0.421. The predicted molar refractivity (Wildman–Crippen MR) is 112 cm³/mol. The van der Waals surface area contributed by atoms with E-state index in [-0.39, 0.29) is 15.0 Å². The van der Waals surface area contributed by atoms with Gasteiger partial charge in [0, 0.05) is 12.0 Å². The number of nitrogens with one attached hydrogen (secondary N) is 1. The summed E-state index contributed by atoms with van der Waals surface area (Å²) < 4.78 is 16.5. The third kappa shape index (κ3) is 3.67. The Kier molecular flexibility index (Phi) is 5.27. The molecule has 0 aliphatic heterocycles. The van der Waals surface area contributed by atoms with Gasteiger partial charge < -0.3 is 15.5 Å². The third-order valence-corrected chi connectivity index (χ3v) is 8.50. The Morgan fingerprint density at radius 3 is 2.87 bits per heavy atom. The van der Waals surface area contributed by atoms with E-state index in [9.17, 15) is 24.0 Å². The van der Waals surface area contributed by atoms with Gasteiger partial charge in [-0.15, -0.1) is 15.7 Å². The molecule has 2 aromatic rings. The number of nitrogens with two attached hydrogens (primary N) is 1. The number of nitrogens with zero attached hydrogens (tertiary/aromatic N) is 2. The molecule has 0 fully saturated rings. The number of hydrogen-bond donors (Lipinski definition) is 4. The van der Waals surface area contributed by atoms with Crippen molar-refractivity contribution in [3.05, 3.63) is 39.5 Å². The molecule has 2 unspecified atom stereocenters. The molecule has 2 aliphatic rings. The number of fused-ring (bicyclic) bond motifs is 2. The Hall–Kier alpha value is -2.18. The van der Waals surface area contributed by atoms with Gasteiger partial charge in [-0.3, -0.25) is 4.79 Å². The third-order valence-electron chi connectivity index (χ3n) is 5.37. The largest absolute Gasteiger partial charge is 0.393 e. The number of aliphatic hydroxyl groups is 2. The van der Waals surface area contributed by atoms with E-state index in [0.717, 1.165) is 47.3 Å². The SMILES string of the molecule is CC(O)(CO)c1ncc(S(N)(=O)=NC(=O)Nc2c3c(cc4c2C(=O)CC4)CCC3)s1. The zero-order valence-electron chi connectivity index (χ0n) is 16.3. The van der Waals surface area contributed by atoms with Crippen LogP contribution in [0.25, 0.3) is 0 Å². The molecule has 1 heterocycles. The van der Waals surface area contributed by atoms with Gasteiger partial charge in [-0.2, -0.15) is 0 Å². The van der Waals surface area contributed by atoms with Crippen molar-refractivity contribution in [2.45, 2.75) is 48.8 Å². The van der Waals surface area contributed by atoms with E-state index in [2.05, 4.69) is 14.7 Å². The van der Waals surface area contributed by atoms with E-state index in [1.165, 1.54) is 13.1 Å². The van der Waals surface area contributed by atoms with Gasteiger partial charge in [-0.05, 0) is 49.3 Å². The van der Waals surface area contributed by atoms with Crippen LogP contribution in [0.4, 0.5) is 10.5 Å². The number of anilines is 1. The number of hydrogen-bond acceptors (Lipinski definition) is 7. The van der Waals surface area contributed by atoms with Crippen molar-refractivity contribution in [1.82, 2.24) is 4.98 Å². The van der Waals surface area contributed by atoms with Crippen LogP contribution < -0.4 is 10.5 Å². The summed E-state index contributed by atoms with van der Waals surface area (Å²) in [5.74, 6) is -0.0261. The Labute approximate surface area is 177 Å². The molecule has 0 saturated carbocycles. The smallest absolute Gasteiger partial charge is 0.354 e. The molecule has 30 heavy (non-hydrogen) atoms. The topological polar surface area (TPSA) is 155 Å². The number of rotatable bonds is 4. The van der Waals surface area contributed by atoms with Crippen molar-refractivity contribution in [2.75, 3.05) is 11.9 Å². The van der Waals surface area contributed by atoms with Gasteiger partial charge in [0.05, 0.1) is 18.5 Å². The quantitative estimate of drug-likeness (QED) is 0.557. The molecule has 11 heteroatoms. The number of carbonyl (C=O) groups is 2. The summed E-state index contributed by atoms with van der Waals surface area (Å²) in [6.07, 6.45) is 4.79. The number of benzene rings is 1. The van der Waals surface area contributed by atoms with Crippen LogP contribution in [0.15, 0.2) is 20.8 Å². The average molecular weight is 451 g/mol. The number of urea groups is 1. The first-order chi connectivity index (χ1) is 14.1. The number of amides is 2. The van der Waals surface area contributed by atoms with Crippen molar-refractivity contribution in [3.8, 4) is 0 Å². The maximum atomic E-state index is 12.9. The molecule has 2 amide bonds. The summed E-state index contributed by atoms with van der Waals surface area (Å²) in [6.45, 7) is 0.771. The number of aryl methyl sites for hydroxylation is 2. The summed E-state index contributed by atoms with van der Waals surface area (Å²) in [5, 5.41) is 27.9. The van der Waals surface area contributed by atoms with E-state index in [0.29, 0.717) is 24.1 Å². The van der Waals surface area contributed by atoms with Crippen LogP contribution in [0, 0.1) is 0 Å². The lowest BCUT2D eigenvalue weighted by atomic mass is 9.98. The second kappa shape index (κ2) is 7.50. The van der Waals surface area contributed by atoms with E-state index >= 15 is 0 Å². The van der Waals surface area contributed by atoms with E-state index in [1.54, 1.807) is 0 Å². The van der Waals surface area contributed by atoms with Gasteiger partial charge in [0.25, 0.3) is 0 Å². The molecular formula is C19H22N4O5S2. The Balaban J connectivity index is 1.67. The number of Topliss-reactive ketones (excluding diaryl/α,β-unsaturated/α-hetero) is 1. The van der Waals surface area contributed by atoms with Crippen molar-refractivity contribution in [2.24, 2.45) is 9.50 Å². The van der Waals surface area contributed by atoms with Gasteiger partial charge in [-0.25, -0.2) is 19.1 Å². The van der Waals surface area contributed by atoms with E-state index in [1.807, 2.05) is 6.07 Å². The fourth-order valence-corrected chi connectivity index (χ4v) is 5.94. The van der Waals surface area contributed by atoms with Gasteiger partial charge in [0.1, 0.15) is 14.8 Å². The van der Waals surface area contributed by atoms with Crippen LogP contribution in [0.5, 0.6) is 0 Å². The first-order valence-electron chi connectivity index (χ1n) is 9.48. The molecule has 2 atom stereocenters. The molecule has 0 bridgehead atoms. The summed E-state index contributed by atoms with van der Waals surface area (Å²) in [7, 11) is -3.63. The maximum Gasteiger partial charge on any atom is 0.354 e. The van der Waals surface area contributed by atoms with Crippen LogP contribution in [0.1, 0.15) is 51.8 Å². The second-order valence-corrected chi connectivity index (χ2v) is 10.8. The number of thiazole rings is 1. The van der Waals surface area contributed by atoms with Crippen molar-refractivity contribution in [3.63, 3.8) is 0 Å². The minimum Gasteiger partial charge on any atom is -0.393 e. The monoisotopic (exact) mass is 450 g/mol. The Morgan fingerprint density at radius 1 is 1.37 bits per heavy atom. The predicted octanol–water partition coefficient (Wildman–Crippen LogP) is 1.89. The van der Waals surface area contributed by atoms with Gasteiger partial charge >= 0.3 is 6.03 Å². The highest BCUT2D eigenvalue weighted by atomic mass is 32.2. The average Bonchev–Trinajstić information content (AvgIpc) is 3.41. The van der Waals surface area contributed by atoms with Crippen LogP contribution in [-0.2, 0) is 34.8 Å². The molecule has 4 rings (SSSR count). The fourth-order valence-electron chi connectivity index (χ4n) is 3.84. The lowest BCUT2D eigenvalue weighted by molar-refractivity contribution is -0.00244. The van der Waals surface area contributed by atoms with Crippen LogP contribution >= 0.6 is 11.3 Å². The minimum absolute atomic E-state index is 0.000899. The Bertz CT molecular complexity index is 1180. The van der Waals surface area contributed by atoms with Gasteiger partial charge in [-0.1, -0.05) is 6.07 Å². The number of carbonyl (C=O) groups excluding carboxylic acids is 2. The highest BCUT2D eigenvalue weighted by Crippen LogP contribution is 2.38. The summed E-state index contributed by atoms with van der Waals surface area (Å²) in [4.78, 5) is 28.9. The first-order valence-corrected chi connectivity index (χ1v) is 11.9. The summed E-state index contributed by atoms with van der Waals surface area (Å²) in [5.41, 5.74) is 2.32. The van der Waals surface area contributed by atoms with Crippen LogP contribution in [0.3, 0.4) is 0 Å². The maximum absolute atomic E-state index is 12.9. The lowest BCUT2D eigenvalue weighted by Gasteiger charge is -2.16. The normalized spacial score (nSPS) is 19.0. The molecule has 0 spiro atoms. The van der Waals surface area contributed by atoms with E-state index < -0.39 is 28.2 Å². The molecule has 2 aliphatic carbocycles. The second-order valence-electron chi connectivity index (χ2n) is 7.71. The lowest BCUT2D eigenvalue weighted by Crippen LogP contribution is -2.25. The number of ketones is 1. The molecule has 9 nitrogen and oxygen atoms in total. The van der Waals surface area contributed by atoms with Crippen molar-refractivity contribution < 1.29 is 24.0 Å². The summed E-state index contributed by atoms with van der Waals surface area (Å²) in [6, 6.07) is 1.14. The van der Waals surface area contributed by atoms with Crippen LogP contribution in [0.2, 0.25) is 0 Å². The van der Waals surface area contributed by atoms with Crippen molar-refractivity contribution >= 4 is 38.8 Å². The molecule has 0 saturated heterocycles.